The maximum atomic E-state index is 12.3. The number of benzene rings is 1. The summed E-state index contributed by atoms with van der Waals surface area (Å²) in [6.07, 6.45) is 2.30. The molecule has 5 heteroatoms. The fourth-order valence-corrected chi connectivity index (χ4v) is 3.42. The van der Waals surface area contributed by atoms with Crippen LogP contribution in [0.2, 0.25) is 0 Å². The molecule has 1 unspecified atom stereocenters. The standard InChI is InChI=1S/C18H26N2O3/c21-17(12-16-13-19-8-11-23-16)20-14-18(6-9-22-10-7-18)15-4-2-1-3-5-15/h1-5,16,19H,6-14H2,(H,20,21). The van der Waals surface area contributed by atoms with Gasteiger partial charge in [-0.25, -0.2) is 0 Å². The molecule has 1 atom stereocenters. The zero-order chi connectivity index (χ0) is 16.0. The maximum Gasteiger partial charge on any atom is 0.222 e. The van der Waals surface area contributed by atoms with Gasteiger partial charge in [0.1, 0.15) is 0 Å². The van der Waals surface area contributed by atoms with Gasteiger partial charge in [-0.15, -0.1) is 0 Å². The molecular weight excluding hydrogens is 292 g/mol. The zero-order valence-electron chi connectivity index (χ0n) is 13.6. The Morgan fingerprint density at radius 2 is 2.00 bits per heavy atom. The summed E-state index contributed by atoms with van der Waals surface area (Å²) in [7, 11) is 0. The van der Waals surface area contributed by atoms with Crippen LogP contribution < -0.4 is 10.6 Å². The molecule has 126 valence electrons. The Morgan fingerprint density at radius 3 is 2.70 bits per heavy atom. The van der Waals surface area contributed by atoms with Gasteiger partial charge in [0, 0.05) is 38.3 Å². The minimum Gasteiger partial charge on any atom is -0.381 e. The summed E-state index contributed by atoms with van der Waals surface area (Å²) >= 11 is 0. The number of hydrogen-bond donors (Lipinski definition) is 2. The van der Waals surface area contributed by atoms with Gasteiger partial charge in [0.25, 0.3) is 0 Å². The number of carbonyl (C=O) groups excluding carboxylic acids is 1. The van der Waals surface area contributed by atoms with E-state index in [1.165, 1.54) is 5.56 Å². The number of amides is 1. The van der Waals surface area contributed by atoms with E-state index in [0.29, 0.717) is 19.6 Å². The molecular formula is C18H26N2O3. The van der Waals surface area contributed by atoms with E-state index in [1.807, 2.05) is 6.07 Å². The molecule has 2 aliphatic rings. The molecule has 5 nitrogen and oxygen atoms in total. The Bertz CT molecular complexity index is 494. The van der Waals surface area contributed by atoms with E-state index >= 15 is 0 Å². The van der Waals surface area contributed by atoms with Crippen molar-refractivity contribution in [3.8, 4) is 0 Å². The van der Waals surface area contributed by atoms with Crippen molar-refractivity contribution in [1.29, 1.82) is 0 Å². The third-order valence-electron chi connectivity index (χ3n) is 4.88. The normalized spacial score (nSPS) is 24.1. The second-order valence-corrected chi connectivity index (χ2v) is 6.44. The summed E-state index contributed by atoms with van der Waals surface area (Å²) in [6.45, 7) is 4.48. The quantitative estimate of drug-likeness (QED) is 0.857. The Kier molecular flexibility index (Phi) is 5.65. The van der Waals surface area contributed by atoms with Gasteiger partial charge < -0.3 is 20.1 Å². The molecule has 2 fully saturated rings. The van der Waals surface area contributed by atoms with Crippen LogP contribution in [-0.2, 0) is 19.7 Å². The van der Waals surface area contributed by atoms with E-state index < -0.39 is 0 Å². The van der Waals surface area contributed by atoms with Gasteiger partial charge in [0.2, 0.25) is 5.91 Å². The first-order valence-corrected chi connectivity index (χ1v) is 8.51. The predicted octanol–water partition coefficient (Wildman–Crippen LogP) is 1.23. The molecule has 0 bridgehead atoms. The minimum absolute atomic E-state index is 0.00823. The van der Waals surface area contributed by atoms with Crippen LogP contribution in [0.4, 0.5) is 0 Å². The van der Waals surface area contributed by atoms with Gasteiger partial charge >= 0.3 is 0 Å². The number of carbonyl (C=O) groups is 1. The molecule has 2 saturated heterocycles. The smallest absolute Gasteiger partial charge is 0.222 e. The molecule has 0 spiro atoms. The van der Waals surface area contributed by atoms with Crippen LogP contribution in [0.5, 0.6) is 0 Å². The Balaban J connectivity index is 1.59. The molecule has 2 heterocycles. The van der Waals surface area contributed by atoms with Crippen LogP contribution >= 0.6 is 0 Å². The first kappa shape index (κ1) is 16.4. The van der Waals surface area contributed by atoms with Gasteiger partial charge in [0.15, 0.2) is 0 Å². The number of rotatable bonds is 5. The van der Waals surface area contributed by atoms with E-state index in [-0.39, 0.29) is 17.4 Å². The summed E-state index contributed by atoms with van der Waals surface area (Å²) in [5.74, 6) is 0.0699. The third-order valence-corrected chi connectivity index (χ3v) is 4.88. The highest BCUT2D eigenvalue weighted by molar-refractivity contribution is 5.76. The molecule has 3 rings (SSSR count). The SMILES string of the molecule is O=C(CC1CNCCO1)NCC1(c2ccccc2)CCOCC1. The lowest BCUT2D eigenvalue weighted by molar-refractivity contribution is -0.125. The van der Waals surface area contributed by atoms with Gasteiger partial charge in [0.05, 0.1) is 19.1 Å². The average Bonchev–Trinajstić information content (AvgIpc) is 2.62. The largest absolute Gasteiger partial charge is 0.381 e. The fourth-order valence-electron chi connectivity index (χ4n) is 3.42. The van der Waals surface area contributed by atoms with Crippen molar-refractivity contribution in [1.82, 2.24) is 10.6 Å². The van der Waals surface area contributed by atoms with Crippen LogP contribution in [-0.4, -0.2) is 51.5 Å². The summed E-state index contributed by atoms with van der Waals surface area (Å²) < 4.78 is 11.1. The highest BCUT2D eigenvalue weighted by Crippen LogP contribution is 2.34. The van der Waals surface area contributed by atoms with E-state index in [1.54, 1.807) is 0 Å². The summed E-state index contributed by atoms with van der Waals surface area (Å²) in [4.78, 5) is 12.3. The Hall–Kier alpha value is -1.43. The van der Waals surface area contributed by atoms with Gasteiger partial charge in [-0.2, -0.15) is 0 Å². The van der Waals surface area contributed by atoms with Crippen LogP contribution in [0, 0.1) is 0 Å². The van der Waals surface area contributed by atoms with Crippen molar-refractivity contribution in [3.63, 3.8) is 0 Å². The highest BCUT2D eigenvalue weighted by atomic mass is 16.5. The molecule has 1 aromatic carbocycles. The second kappa shape index (κ2) is 7.90. The van der Waals surface area contributed by atoms with Gasteiger partial charge in [-0.3, -0.25) is 4.79 Å². The lowest BCUT2D eigenvalue weighted by Gasteiger charge is -2.38. The van der Waals surface area contributed by atoms with Gasteiger partial charge in [-0.05, 0) is 18.4 Å². The van der Waals surface area contributed by atoms with Crippen LogP contribution in [0.25, 0.3) is 0 Å². The minimum atomic E-state index is -0.0131. The maximum absolute atomic E-state index is 12.3. The topological polar surface area (TPSA) is 59.6 Å². The van der Waals surface area contributed by atoms with Crippen molar-refractivity contribution in [2.24, 2.45) is 0 Å². The average molecular weight is 318 g/mol. The highest BCUT2D eigenvalue weighted by Gasteiger charge is 2.34. The fraction of sp³-hybridized carbons (Fsp3) is 0.611. The first-order chi connectivity index (χ1) is 11.3. The molecule has 23 heavy (non-hydrogen) atoms. The van der Waals surface area contributed by atoms with E-state index in [0.717, 1.165) is 39.1 Å². The molecule has 1 amide bonds. The lowest BCUT2D eigenvalue weighted by Crippen LogP contribution is -2.46. The molecule has 2 aliphatic heterocycles. The number of nitrogens with one attached hydrogen (secondary N) is 2. The Labute approximate surface area is 137 Å². The monoisotopic (exact) mass is 318 g/mol. The number of ether oxygens (including phenoxy) is 2. The van der Waals surface area contributed by atoms with Crippen LogP contribution in [0.15, 0.2) is 30.3 Å². The lowest BCUT2D eigenvalue weighted by atomic mass is 9.74. The molecule has 0 aromatic heterocycles. The number of morpholine rings is 1. The van der Waals surface area contributed by atoms with Crippen molar-refractivity contribution in [3.05, 3.63) is 35.9 Å². The third kappa shape index (κ3) is 4.31. The summed E-state index contributed by atoms with van der Waals surface area (Å²) in [5.41, 5.74) is 1.28. The summed E-state index contributed by atoms with van der Waals surface area (Å²) in [5, 5.41) is 6.39. The molecule has 0 radical (unpaired) electrons. The van der Waals surface area contributed by atoms with Crippen molar-refractivity contribution in [2.45, 2.75) is 30.8 Å². The summed E-state index contributed by atoms with van der Waals surface area (Å²) in [6, 6.07) is 10.5. The molecule has 1 aromatic rings. The van der Waals surface area contributed by atoms with E-state index in [9.17, 15) is 4.79 Å². The molecule has 0 saturated carbocycles. The van der Waals surface area contributed by atoms with Crippen molar-refractivity contribution in [2.75, 3.05) is 39.5 Å². The number of hydrogen-bond acceptors (Lipinski definition) is 4. The van der Waals surface area contributed by atoms with Crippen molar-refractivity contribution >= 4 is 5.91 Å². The van der Waals surface area contributed by atoms with Crippen molar-refractivity contribution < 1.29 is 14.3 Å². The zero-order valence-corrected chi connectivity index (χ0v) is 13.6. The second-order valence-electron chi connectivity index (χ2n) is 6.44. The van der Waals surface area contributed by atoms with E-state index in [4.69, 9.17) is 9.47 Å². The first-order valence-electron chi connectivity index (χ1n) is 8.51. The Morgan fingerprint density at radius 1 is 1.22 bits per heavy atom. The van der Waals surface area contributed by atoms with Gasteiger partial charge in [-0.1, -0.05) is 30.3 Å². The molecule has 2 N–H and O–H groups in total. The van der Waals surface area contributed by atoms with Crippen LogP contribution in [0.1, 0.15) is 24.8 Å². The molecule has 0 aliphatic carbocycles. The van der Waals surface area contributed by atoms with E-state index in [2.05, 4.69) is 34.9 Å². The van der Waals surface area contributed by atoms with Crippen LogP contribution in [0.3, 0.4) is 0 Å². The predicted molar refractivity (Wildman–Crippen MR) is 88.4 cm³/mol.